The number of aromatic nitrogens is 1. The van der Waals surface area contributed by atoms with E-state index in [0.29, 0.717) is 0 Å². The Hall–Kier alpha value is -4.28. The minimum atomic E-state index is -3.86. The number of nitrogens with one attached hydrogen (secondary N) is 3. The highest BCUT2D eigenvalue weighted by Gasteiger charge is 2.18. The number of carbonyl (C=O) groups is 2. The molecular weight excluding hydrogens is 468 g/mol. The van der Waals surface area contributed by atoms with E-state index < -0.39 is 21.8 Å². The molecule has 0 aliphatic heterocycles. The standard InChI is InChI=1S/C25H22N4O5S/c1-34-25-21-13-6-5-10-18(21)15-22(27-25)24(31)29-28-23(30)19-11-7-12-20(14-19)35(32,33)26-16-17-8-3-2-4-9-17/h2-15,26H,16H2,1H3,(H,28,30)(H,29,31). The molecule has 178 valence electrons. The Bertz CT molecular complexity index is 1490. The Kier molecular flexibility index (Phi) is 7.04. The van der Waals surface area contributed by atoms with Crippen molar-refractivity contribution in [1.82, 2.24) is 20.6 Å². The van der Waals surface area contributed by atoms with Crippen LogP contribution in [0.1, 0.15) is 26.4 Å². The van der Waals surface area contributed by atoms with E-state index in [1.165, 1.54) is 31.4 Å². The molecule has 4 rings (SSSR count). The molecule has 1 aromatic heterocycles. The van der Waals surface area contributed by atoms with Gasteiger partial charge in [-0.15, -0.1) is 0 Å². The fourth-order valence-corrected chi connectivity index (χ4v) is 4.41. The van der Waals surface area contributed by atoms with Crippen LogP contribution in [-0.2, 0) is 16.6 Å². The Morgan fingerprint density at radius 3 is 2.34 bits per heavy atom. The number of ether oxygens (including phenoxy) is 1. The van der Waals surface area contributed by atoms with Gasteiger partial charge in [0.25, 0.3) is 11.8 Å². The monoisotopic (exact) mass is 490 g/mol. The lowest BCUT2D eigenvalue weighted by Gasteiger charge is -2.11. The van der Waals surface area contributed by atoms with Crippen molar-refractivity contribution in [3.8, 4) is 5.88 Å². The highest BCUT2D eigenvalue weighted by atomic mass is 32.2. The van der Waals surface area contributed by atoms with Crippen LogP contribution in [0, 0.1) is 0 Å². The molecule has 9 nitrogen and oxygen atoms in total. The molecule has 0 saturated carbocycles. The lowest BCUT2D eigenvalue weighted by molar-refractivity contribution is 0.0843. The zero-order valence-corrected chi connectivity index (χ0v) is 19.5. The highest BCUT2D eigenvalue weighted by Crippen LogP contribution is 2.24. The molecule has 10 heteroatoms. The summed E-state index contributed by atoms with van der Waals surface area (Å²) in [6.07, 6.45) is 0. The molecule has 0 spiro atoms. The van der Waals surface area contributed by atoms with Gasteiger partial charge in [0.2, 0.25) is 15.9 Å². The second-order valence-electron chi connectivity index (χ2n) is 7.48. The summed E-state index contributed by atoms with van der Waals surface area (Å²) < 4.78 is 33.1. The first kappa shape index (κ1) is 23.9. The van der Waals surface area contributed by atoms with Crippen LogP contribution in [0.2, 0.25) is 0 Å². The van der Waals surface area contributed by atoms with Crippen LogP contribution >= 0.6 is 0 Å². The van der Waals surface area contributed by atoms with Crippen LogP contribution < -0.4 is 20.3 Å². The lowest BCUT2D eigenvalue weighted by atomic mass is 10.1. The van der Waals surface area contributed by atoms with E-state index in [1.54, 1.807) is 18.2 Å². The summed E-state index contributed by atoms with van der Waals surface area (Å²) in [6, 6.07) is 23.4. The summed E-state index contributed by atoms with van der Waals surface area (Å²) in [4.78, 5) is 29.3. The van der Waals surface area contributed by atoms with Gasteiger partial charge in [-0.1, -0.05) is 54.6 Å². The maximum absolute atomic E-state index is 12.7. The summed E-state index contributed by atoms with van der Waals surface area (Å²) in [7, 11) is -2.41. The molecule has 1 heterocycles. The molecule has 0 unspecified atom stereocenters. The second kappa shape index (κ2) is 10.3. The van der Waals surface area contributed by atoms with Gasteiger partial charge >= 0.3 is 0 Å². The van der Waals surface area contributed by atoms with Crippen molar-refractivity contribution in [2.24, 2.45) is 0 Å². The first-order valence-electron chi connectivity index (χ1n) is 10.6. The summed E-state index contributed by atoms with van der Waals surface area (Å²) in [5.74, 6) is -1.07. The number of hydrazine groups is 1. The molecule has 0 bridgehead atoms. The highest BCUT2D eigenvalue weighted by molar-refractivity contribution is 7.89. The number of rotatable bonds is 7. The minimum Gasteiger partial charge on any atom is -0.481 e. The van der Waals surface area contributed by atoms with E-state index >= 15 is 0 Å². The number of benzene rings is 3. The van der Waals surface area contributed by atoms with E-state index in [4.69, 9.17) is 4.74 Å². The van der Waals surface area contributed by atoms with Crippen LogP contribution in [0.25, 0.3) is 10.8 Å². The fraction of sp³-hybridized carbons (Fsp3) is 0.0800. The molecule has 0 radical (unpaired) electrons. The fourth-order valence-electron chi connectivity index (χ4n) is 3.35. The minimum absolute atomic E-state index is 0.0438. The van der Waals surface area contributed by atoms with Crippen molar-refractivity contribution in [2.45, 2.75) is 11.4 Å². The third kappa shape index (κ3) is 5.62. The number of pyridine rings is 1. The molecule has 0 aliphatic rings. The molecular formula is C25H22N4O5S. The average Bonchev–Trinajstić information content (AvgIpc) is 2.90. The van der Waals surface area contributed by atoms with Gasteiger partial charge in [0.05, 0.1) is 12.0 Å². The molecule has 0 fully saturated rings. The van der Waals surface area contributed by atoms with Gasteiger partial charge in [-0.2, -0.15) is 0 Å². The van der Waals surface area contributed by atoms with Crippen molar-refractivity contribution in [2.75, 3.05) is 7.11 Å². The van der Waals surface area contributed by atoms with E-state index in [9.17, 15) is 18.0 Å². The van der Waals surface area contributed by atoms with Crippen LogP contribution in [0.5, 0.6) is 5.88 Å². The summed E-state index contributed by atoms with van der Waals surface area (Å²) in [6.45, 7) is 0.109. The Morgan fingerprint density at radius 1 is 0.857 bits per heavy atom. The van der Waals surface area contributed by atoms with Crippen molar-refractivity contribution in [3.63, 3.8) is 0 Å². The number of sulfonamides is 1. The number of carbonyl (C=O) groups excluding carboxylic acids is 2. The third-order valence-corrected chi connectivity index (χ3v) is 6.54. The summed E-state index contributed by atoms with van der Waals surface area (Å²) >= 11 is 0. The van der Waals surface area contributed by atoms with Gasteiger partial charge in [0.15, 0.2) is 0 Å². The third-order valence-electron chi connectivity index (χ3n) is 5.14. The Labute approximate surface area is 202 Å². The summed E-state index contributed by atoms with van der Waals surface area (Å²) in [5, 5.41) is 1.49. The second-order valence-corrected chi connectivity index (χ2v) is 9.25. The molecule has 0 atom stereocenters. The normalized spacial score (nSPS) is 11.1. The molecule has 0 saturated heterocycles. The molecule has 4 aromatic rings. The van der Waals surface area contributed by atoms with E-state index in [1.807, 2.05) is 42.5 Å². The van der Waals surface area contributed by atoms with Gasteiger partial charge in [-0.3, -0.25) is 20.4 Å². The van der Waals surface area contributed by atoms with Crippen molar-refractivity contribution in [1.29, 1.82) is 0 Å². The van der Waals surface area contributed by atoms with Crippen molar-refractivity contribution >= 4 is 32.6 Å². The van der Waals surface area contributed by atoms with Crippen LogP contribution in [0.4, 0.5) is 0 Å². The van der Waals surface area contributed by atoms with Gasteiger partial charge in [0.1, 0.15) is 5.69 Å². The first-order chi connectivity index (χ1) is 16.9. The number of hydrogen-bond donors (Lipinski definition) is 3. The Morgan fingerprint density at radius 2 is 1.57 bits per heavy atom. The van der Waals surface area contributed by atoms with Crippen molar-refractivity contribution in [3.05, 3.63) is 102 Å². The molecule has 2 amide bonds. The van der Waals surface area contributed by atoms with Gasteiger partial charge in [0, 0.05) is 17.5 Å². The SMILES string of the molecule is COc1nc(C(=O)NNC(=O)c2cccc(S(=O)(=O)NCc3ccccc3)c2)cc2ccccc12. The van der Waals surface area contributed by atoms with Crippen LogP contribution in [0.3, 0.4) is 0 Å². The molecule has 3 N–H and O–H groups in total. The predicted molar refractivity (Wildman–Crippen MR) is 130 cm³/mol. The summed E-state index contributed by atoms with van der Waals surface area (Å²) in [5.41, 5.74) is 5.48. The zero-order chi connectivity index (χ0) is 24.8. The Balaban J connectivity index is 1.44. The smallest absolute Gasteiger partial charge is 0.288 e. The molecule has 0 aliphatic carbocycles. The van der Waals surface area contributed by atoms with E-state index in [2.05, 4.69) is 20.6 Å². The number of amides is 2. The maximum atomic E-state index is 12.7. The van der Waals surface area contributed by atoms with Crippen LogP contribution in [-0.4, -0.2) is 32.3 Å². The number of nitrogens with zero attached hydrogens (tertiary/aromatic N) is 1. The van der Waals surface area contributed by atoms with Gasteiger partial charge in [-0.25, -0.2) is 18.1 Å². The first-order valence-corrected chi connectivity index (χ1v) is 12.0. The predicted octanol–water partition coefficient (Wildman–Crippen LogP) is 2.80. The average molecular weight is 491 g/mol. The van der Waals surface area contributed by atoms with E-state index in [0.717, 1.165) is 16.3 Å². The van der Waals surface area contributed by atoms with Crippen LogP contribution in [0.15, 0.2) is 89.8 Å². The molecule has 3 aromatic carbocycles. The lowest BCUT2D eigenvalue weighted by Crippen LogP contribution is -2.42. The quantitative estimate of drug-likeness (QED) is 0.342. The zero-order valence-electron chi connectivity index (χ0n) is 18.7. The number of hydrogen-bond acceptors (Lipinski definition) is 6. The largest absolute Gasteiger partial charge is 0.481 e. The van der Waals surface area contributed by atoms with E-state index in [-0.39, 0.29) is 28.6 Å². The topological polar surface area (TPSA) is 126 Å². The van der Waals surface area contributed by atoms with Gasteiger partial charge < -0.3 is 4.74 Å². The van der Waals surface area contributed by atoms with Gasteiger partial charge in [-0.05, 0) is 41.3 Å². The number of fused-ring (bicyclic) bond motifs is 1. The maximum Gasteiger partial charge on any atom is 0.288 e. The van der Waals surface area contributed by atoms with Crippen molar-refractivity contribution < 1.29 is 22.7 Å². The number of methoxy groups -OCH3 is 1. The molecule has 35 heavy (non-hydrogen) atoms.